The Morgan fingerprint density at radius 1 is 1.17 bits per heavy atom. The van der Waals surface area contributed by atoms with Gasteiger partial charge in [0.05, 0.1) is 12.6 Å². The Labute approximate surface area is 110 Å². The Kier molecular flexibility index (Phi) is 5.94. The summed E-state index contributed by atoms with van der Waals surface area (Å²) >= 11 is 0. The summed E-state index contributed by atoms with van der Waals surface area (Å²) in [6.07, 6.45) is 8.74. The Hall–Kier alpha value is -0.610. The lowest BCUT2D eigenvalue weighted by atomic mass is 10.1. The van der Waals surface area contributed by atoms with Crippen LogP contribution in [0.15, 0.2) is 0 Å². The maximum absolute atomic E-state index is 11.9. The van der Waals surface area contributed by atoms with Gasteiger partial charge >= 0.3 is 0 Å². The standard InChI is InChI=1S/C14H26N2O2/c17-14(16-9-3-1-4-10-16)12-15-8-7-13-6-2-5-11-18-13/h13,15H,1-12H2. The highest BCUT2D eigenvalue weighted by molar-refractivity contribution is 5.78. The van der Waals surface area contributed by atoms with E-state index in [-0.39, 0.29) is 5.91 Å². The molecule has 1 unspecified atom stereocenters. The van der Waals surface area contributed by atoms with Crippen molar-refractivity contribution < 1.29 is 9.53 Å². The van der Waals surface area contributed by atoms with Gasteiger partial charge in [0.1, 0.15) is 0 Å². The Bertz CT molecular complexity index is 246. The topological polar surface area (TPSA) is 41.6 Å². The highest BCUT2D eigenvalue weighted by Gasteiger charge is 2.16. The van der Waals surface area contributed by atoms with Gasteiger partial charge in [-0.2, -0.15) is 0 Å². The third kappa shape index (κ3) is 4.58. The van der Waals surface area contributed by atoms with Crippen LogP contribution in [-0.2, 0) is 9.53 Å². The molecule has 1 atom stereocenters. The zero-order valence-corrected chi connectivity index (χ0v) is 11.3. The maximum atomic E-state index is 11.9. The number of hydrogen-bond acceptors (Lipinski definition) is 3. The first-order valence-electron chi connectivity index (χ1n) is 7.46. The van der Waals surface area contributed by atoms with Crippen molar-refractivity contribution in [2.45, 2.75) is 51.0 Å². The molecule has 0 aromatic rings. The third-order valence-electron chi connectivity index (χ3n) is 3.90. The molecular formula is C14H26N2O2. The van der Waals surface area contributed by atoms with E-state index in [4.69, 9.17) is 4.74 Å². The molecule has 18 heavy (non-hydrogen) atoms. The molecule has 4 heteroatoms. The van der Waals surface area contributed by atoms with Gasteiger partial charge in [-0.15, -0.1) is 0 Å². The van der Waals surface area contributed by atoms with Gasteiger partial charge < -0.3 is 15.0 Å². The van der Waals surface area contributed by atoms with Gasteiger partial charge in [0, 0.05) is 19.7 Å². The fourth-order valence-electron chi connectivity index (χ4n) is 2.75. The molecule has 2 aliphatic rings. The summed E-state index contributed by atoms with van der Waals surface area (Å²) in [5.74, 6) is 0.263. The number of rotatable bonds is 5. The largest absolute Gasteiger partial charge is 0.378 e. The molecule has 2 aliphatic heterocycles. The highest BCUT2D eigenvalue weighted by atomic mass is 16.5. The Morgan fingerprint density at radius 2 is 2.00 bits per heavy atom. The first-order chi connectivity index (χ1) is 8.86. The molecule has 2 fully saturated rings. The second kappa shape index (κ2) is 7.74. The van der Waals surface area contributed by atoms with Crippen LogP contribution in [0, 0.1) is 0 Å². The summed E-state index contributed by atoms with van der Waals surface area (Å²) in [6.45, 7) is 4.20. The Balaban J connectivity index is 1.52. The van der Waals surface area contributed by atoms with Crippen molar-refractivity contribution in [2.75, 3.05) is 32.8 Å². The van der Waals surface area contributed by atoms with Gasteiger partial charge in [-0.3, -0.25) is 4.79 Å². The van der Waals surface area contributed by atoms with Crippen LogP contribution in [0.25, 0.3) is 0 Å². The number of carbonyl (C=O) groups is 1. The summed E-state index contributed by atoms with van der Waals surface area (Å²) < 4.78 is 5.67. The summed E-state index contributed by atoms with van der Waals surface area (Å²) in [5.41, 5.74) is 0. The van der Waals surface area contributed by atoms with Gasteiger partial charge in [-0.25, -0.2) is 0 Å². The van der Waals surface area contributed by atoms with Crippen molar-refractivity contribution in [2.24, 2.45) is 0 Å². The minimum atomic E-state index is 0.263. The second-order valence-corrected chi connectivity index (χ2v) is 5.40. The van der Waals surface area contributed by atoms with E-state index in [1.807, 2.05) is 4.90 Å². The molecule has 0 saturated carbocycles. The molecule has 0 radical (unpaired) electrons. The molecule has 2 rings (SSSR count). The van der Waals surface area contributed by atoms with Crippen molar-refractivity contribution in [1.29, 1.82) is 0 Å². The number of carbonyl (C=O) groups excluding carboxylic acids is 1. The van der Waals surface area contributed by atoms with Gasteiger partial charge in [0.15, 0.2) is 0 Å². The number of amides is 1. The highest BCUT2D eigenvalue weighted by Crippen LogP contribution is 2.14. The zero-order valence-electron chi connectivity index (χ0n) is 11.3. The first-order valence-corrected chi connectivity index (χ1v) is 7.46. The monoisotopic (exact) mass is 254 g/mol. The van der Waals surface area contributed by atoms with Crippen LogP contribution in [0.1, 0.15) is 44.9 Å². The van der Waals surface area contributed by atoms with Crippen molar-refractivity contribution in [3.63, 3.8) is 0 Å². The van der Waals surface area contributed by atoms with Crippen LogP contribution in [0.5, 0.6) is 0 Å². The molecule has 0 aliphatic carbocycles. The lowest BCUT2D eigenvalue weighted by Crippen LogP contribution is -2.41. The number of ether oxygens (including phenoxy) is 1. The molecule has 2 saturated heterocycles. The van der Waals surface area contributed by atoms with Gasteiger partial charge in [-0.05, 0) is 51.5 Å². The smallest absolute Gasteiger partial charge is 0.236 e. The number of nitrogens with one attached hydrogen (secondary N) is 1. The zero-order chi connectivity index (χ0) is 12.6. The second-order valence-electron chi connectivity index (χ2n) is 5.40. The maximum Gasteiger partial charge on any atom is 0.236 e. The van der Waals surface area contributed by atoms with Crippen LogP contribution in [0.2, 0.25) is 0 Å². The molecule has 4 nitrogen and oxygen atoms in total. The van der Waals surface area contributed by atoms with Crippen LogP contribution >= 0.6 is 0 Å². The van der Waals surface area contributed by atoms with E-state index < -0.39 is 0 Å². The molecule has 104 valence electrons. The lowest BCUT2D eigenvalue weighted by molar-refractivity contribution is -0.131. The summed E-state index contributed by atoms with van der Waals surface area (Å²) in [7, 11) is 0. The van der Waals surface area contributed by atoms with Crippen molar-refractivity contribution in [3.8, 4) is 0 Å². The van der Waals surface area contributed by atoms with Crippen molar-refractivity contribution in [1.82, 2.24) is 10.2 Å². The molecule has 0 aromatic heterocycles. The molecular weight excluding hydrogens is 228 g/mol. The summed E-state index contributed by atoms with van der Waals surface area (Å²) in [4.78, 5) is 13.9. The van der Waals surface area contributed by atoms with Crippen LogP contribution in [0.4, 0.5) is 0 Å². The summed E-state index contributed by atoms with van der Waals surface area (Å²) in [6, 6.07) is 0. The van der Waals surface area contributed by atoms with E-state index >= 15 is 0 Å². The fourth-order valence-corrected chi connectivity index (χ4v) is 2.75. The van der Waals surface area contributed by atoms with E-state index in [1.165, 1.54) is 38.5 Å². The molecule has 2 heterocycles. The van der Waals surface area contributed by atoms with E-state index in [1.54, 1.807) is 0 Å². The SMILES string of the molecule is O=C(CNCCC1CCCCO1)N1CCCCC1. The van der Waals surface area contributed by atoms with Crippen LogP contribution in [-0.4, -0.2) is 49.7 Å². The van der Waals surface area contributed by atoms with Gasteiger partial charge in [0.25, 0.3) is 0 Å². The fraction of sp³-hybridized carbons (Fsp3) is 0.929. The molecule has 1 N–H and O–H groups in total. The molecule has 0 bridgehead atoms. The predicted molar refractivity (Wildman–Crippen MR) is 71.5 cm³/mol. The Morgan fingerprint density at radius 3 is 2.72 bits per heavy atom. The average Bonchev–Trinajstić information content (AvgIpc) is 2.45. The van der Waals surface area contributed by atoms with E-state index in [9.17, 15) is 4.79 Å². The average molecular weight is 254 g/mol. The van der Waals surface area contributed by atoms with Gasteiger partial charge in [0.2, 0.25) is 5.91 Å². The predicted octanol–water partition coefficient (Wildman–Crippen LogP) is 1.55. The van der Waals surface area contributed by atoms with Crippen molar-refractivity contribution in [3.05, 3.63) is 0 Å². The molecule has 0 aromatic carbocycles. The van der Waals surface area contributed by atoms with Crippen LogP contribution in [0.3, 0.4) is 0 Å². The number of hydrogen-bond donors (Lipinski definition) is 1. The number of piperidine rings is 1. The minimum Gasteiger partial charge on any atom is -0.378 e. The van der Waals surface area contributed by atoms with Crippen LogP contribution < -0.4 is 5.32 Å². The van der Waals surface area contributed by atoms with E-state index in [0.717, 1.165) is 32.7 Å². The van der Waals surface area contributed by atoms with Crippen molar-refractivity contribution >= 4 is 5.91 Å². The number of nitrogens with zero attached hydrogens (tertiary/aromatic N) is 1. The number of likely N-dealkylation sites (tertiary alicyclic amines) is 1. The molecule has 0 spiro atoms. The first kappa shape index (κ1) is 13.8. The summed E-state index contributed by atoms with van der Waals surface area (Å²) in [5, 5.41) is 3.26. The quantitative estimate of drug-likeness (QED) is 0.757. The minimum absolute atomic E-state index is 0.263. The third-order valence-corrected chi connectivity index (χ3v) is 3.90. The van der Waals surface area contributed by atoms with Gasteiger partial charge in [-0.1, -0.05) is 0 Å². The lowest BCUT2D eigenvalue weighted by Gasteiger charge is -2.27. The van der Waals surface area contributed by atoms with E-state index in [0.29, 0.717) is 12.6 Å². The molecule has 1 amide bonds. The van der Waals surface area contributed by atoms with E-state index in [2.05, 4.69) is 5.32 Å². The normalized spacial score (nSPS) is 25.1.